The molecule has 0 aromatic carbocycles. The highest BCUT2D eigenvalue weighted by atomic mass is 16.5. The van der Waals surface area contributed by atoms with Crippen LogP contribution in [0.15, 0.2) is 11.8 Å². The SMILES string of the molecule is CNN(C=C(C)C)CC(C)C1CCC2C3CCC4(C)CC(COC)CCC4C3CCC12C. The van der Waals surface area contributed by atoms with Crippen molar-refractivity contribution in [1.82, 2.24) is 10.4 Å². The summed E-state index contributed by atoms with van der Waals surface area (Å²) in [5.41, 5.74) is 5.93. The minimum absolute atomic E-state index is 0.561. The third-order valence-corrected chi connectivity index (χ3v) is 10.9. The summed E-state index contributed by atoms with van der Waals surface area (Å²) in [5, 5.41) is 2.33. The van der Waals surface area contributed by atoms with Crippen molar-refractivity contribution in [2.24, 2.45) is 52.3 Å². The maximum atomic E-state index is 5.56. The molecule has 9 unspecified atom stereocenters. The number of methoxy groups -OCH3 is 1. The van der Waals surface area contributed by atoms with Crippen LogP contribution in [0, 0.1) is 52.3 Å². The van der Waals surface area contributed by atoms with Gasteiger partial charge in [0.25, 0.3) is 0 Å². The first-order valence-electron chi connectivity index (χ1n) is 13.8. The van der Waals surface area contributed by atoms with Crippen molar-refractivity contribution in [3.8, 4) is 0 Å². The molecule has 0 aliphatic heterocycles. The number of hydrazine groups is 1. The van der Waals surface area contributed by atoms with Crippen molar-refractivity contribution in [3.05, 3.63) is 11.8 Å². The summed E-state index contributed by atoms with van der Waals surface area (Å²) in [6.07, 6.45) is 15.5. The second-order valence-corrected chi connectivity index (χ2v) is 13.1. The van der Waals surface area contributed by atoms with Crippen LogP contribution in [0.1, 0.15) is 92.4 Å². The fourth-order valence-corrected chi connectivity index (χ4v) is 9.73. The summed E-state index contributed by atoms with van der Waals surface area (Å²) in [5.74, 6) is 6.38. The Morgan fingerprint density at radius 1 is 1.03 bits per heavy atom. The van der Waals surface area contributed by atoms with Gasteiger partial charge in [-0.2, -0.15) is 0 Å². The summed E-state index contributed by atoms with van der Waals surface area (Å²) in [6, 6.07) is 0. The molecule has 4 rings (SSSR count). The summed E-state index contributed by atoms with van der Waals surface area (Å²) in [6.45, 7) is 14.4. The van der Waals surface area contributed by atoms with Crippen LogP contribution >= 0.6 is 0 Å². The lowest BCUT2D eigenvalue weighted by atomic mass is 9.45. The lowest BCUT2D eigenvalue weighted by Crippen LogP contribution is -2.52. The van der Waals surface area contributed by atoms with E-state index in [-0.39, 0.29) is 0 Å². The van der Waals surface area contributed by atoms with Gasteiger partial charge in [-0.05, 0) is 124 Å². The number of rotatable bonds is 7. The van der Waals surface area contributed by atoms with Crippen molar-refractivity contribution in [2.45, 2.75) is 92.4 Å². The predicted molar refractivity (Wildman–Crippen MR) is 135 cm³/mol. The fourth-order valence-electron chi connectivity index (χ4n) is 9.73. The first-order chi connectivity index (χ1) is 15.2. The summed E-state index contributed by atoms with van der Waals surface area (Å²) in [7, 11) is 3.96. The Bertz CT molecular complexity index is 672. The van der Waals surface area contributed by atoms with Crippen LogP contribution in [0.5, 0.6) is 0 Å². The number of nitrogens with zero attached hydrogens (tertiary/aromatic N) is 1. The Balaban J connectivity index is 1.46. The molecule has 0 spiro atoms. The Hall–Kier alpha value is -0.540. The minimum Gasteiger partial charge on any atom is -0.384 e. The van der Waals surface area contributed by atoms with Crippen molar-refractivity contribution in [2.75, 3.05) is 27.3 Å². The third kappa shape index (κ3) is 4.42. The smallest absolute Gasteiger partial charge is 0.0490 e. The molecule has 0 heterocycles. The monoisotopic (exact) mass is 444 g/mol. The summed E-state index contributed by atoms with van der Waals surface area (Å²) < 4.78 is 5.56. The maximum Gasteiger partial charge on any atom is 0.0490 e. The van der Waals surface area contributed by atoms with Crippen LogP contribution in [-0.4, -0.2) is 32.3 Å². The van der Waals surface area contributed by atoms with Gasteiger partial charge in [-0.3, -0.25) is 0 Å². The van der Waals surface area contributed by atoms with Gasteiger partial charge in [-0.1, -0.05) is 26.3 Å². The van der Waals surface area contributed by atoms with E-state index in [1.54, 1.807) is 0 Å². The molecule has 3 nitrogen and oxygen atoms in total. The molecule has 4 fully saturated rings. The lowest BCUT2D eigenvalue weighted by Gasteiger charge is -2.60. The number of nitrogens with one attached hydrogen (secondary N) is 1. The molecule has 3 heteroatoms. The Morgan fingerprint density at radius 3 is 2.41 bits per heavy atom. The van der Waals surface area contributed by atoms with Crippen LogP contribution < -0.4 is 5.43 Å². The normalized spacial score (nSPS) is 44.2. The average molecular weight is 445 g/mol. The van der Waals surface area contributed by atoms with Gasteiger partial charge in [0.1, 0.15) is 0 Å². The van der Waals surface area contributed by atoms with E-state index in [0.717, 1.165) is 54.6 Å². The van der Waals surface area contributed by atoms with Crippen molar-refractivity contribution >= 4 is 0 Å². The molecule has 0 aromatic rings. The van der Waals surface area contributed by atoms with Crippen molar-refractivity contribution in [3.63, 3.8) is 0 Å². The van der Waals surface area contributed by atoms with E-state index in [1.165, 1.54) is 63.4 Å². The number of fused-ring (bicyclic) bond motifs is 5. The number of allylic oxidation sites excluding steroid dienone is 1. The number of ether oxygens (including phenoxy) is 1. The van der Waals surface area contributed by atoms with Crippen LogP contribution in [-0.2, 0) is 4.74 Å². The van der Waals surface area contributed by atoms with Crippen LogP contribution in [0.2, 0.25) is 0 Å². The molecule has 4 aliphatic rings. The maximum absolute atomic E-state index is 5.56. The molecule has 0 aromatic heterocycles. The molecule has 184 valence electrons. The largest absolute Gasteiger partial charge is 0.384 e. The van der Waals surface area contributed by atoms with Crippen LogP contribution in [0.3, 0.4) is 0 Å². The highest BCUT2D eigenvalue weighted by Gasteiger charge is 2.59. The van der Waals surface area contributed by atoms with Gasteiger partial charge in [0, 0.05) is 33.5 Å². The number of hydrogen-bond acceptors (Lipinski definition) is 3. The Morgan fingerprint density at radius 2 is 1.72 bits per heavy atom. The van der Waals surface area contributed by atoms with E-state index in [2.05, 4.69) is 58.3 Å². The standard InChI is InChI=1S/C29H52N2O/c1-20(2)17-31(30-6)18-21(3)25-10-11-27-24-12-14-28(4)16-22(19-32-7)8-9-26(28)23(24)13-15-29(25,27)5/h17,21-27,30H,8-16,18-19H2,1-7H3. The lowest BCUT2D eigenvalue weighted by molar-refractivity contribution is -0.112. The van der Waals surface area contributed by atoms with E-state index < -0.39 is 0 Å². The first kappa shape index (κ1) is 24.6. The third-order valence-electron chi connectivity index (χ3n) is 10.9. The molecule has 0 amide bonds. The second-order valence-electron chi connectivity index (χ2n) is 13.1. The molecule has 0 bridgehead atoms. The Kier molecular flexibility index (Phi) is 7.38. The van der Waals surface area contributed by atoms with Crippen LogP contribution in [0.25, 0.3) is 0 Å². The molecule has 1 N–H and O–H groups in total. The topological polar surface area (TPSA) is 24.5 Å². The van der Waals surface area contributed by atoms with Gasteiger partial charge in [0.15, 0.2) is 0 Å². The van der Waals surface area contributed by atoms with Crippen molar-refractivity contribution < 1.29 is 4.74 Å². The second kappa shape index (κ2) is 9.61. The molecular weight excluding hydrogens is 392 g/mol. The zero-order chi connectivity index (χ0) is 23.1. The fraction of sp³-hybridized carbons (Fsp3) is 0.931. The van der Waals surface area contributed by atoms with Gasteiger partial charge in [0.05, 0.1) is 0 Å². The Labute approximate surface area is 199 Å². The quantitative estimate of drug-likeness (QED) is 0.432. The highest BCUT2D eigenvalue weighted by Crippen LogP contribution is 2.67. The molecular formula is C29H52N2O. The summed E-state index contributed by atoms with van der Waals surface area (Å²) >= 11 is 0. The molecule has 0 radical (unpaired) electrons. The van der Waals surface area contributed by atoms with E-state index in [9.17, 15) is 0 Å². The van der Waals surface area contributed by atoms with E-state index >= 15 is 0 Å². The van der Waals surface area contributed by atoms with E-state index in [4.69, 9.17) is 4.74 Å². The highest BCUT2D eigenvalue weighted by molar-refractivity contribution is 5.09. The minimum atomic E-state index is 0.561. The first-order valence-corrected chi connectivity index (χ1v) is 13.8. The van der Waals surface area contributed by atoms with E-state index in [0.29, 0.717) is 10.8 Å². The van der Waals surface area contributed by atoms with Gasteiger partial charge < -0.3 is 9.75 Å². The zero-order valence-corrected chi connectivity index (χ0v) is 22.3. The average Bonchev–Trinajstić information content (AvgIpc) is 3.09. The molecule has 9 atom stereocenters. The van der Waals surface area contributed by atoms with Crippen molar-refractivity contribution in [1.29, 1.82) is 0 Å². The molecule has 0 saturated heterocycles. The predicted octanol–water partition coefficient (Wildman–Crippen LogP) is 6.90. The van der Waals surface area contributed by atoms with E-state index in [1.807, 2.05) is 7.11 Å². The van der Waals surface area contributed by atoms with Gasteiger partial charge >= 0.3 is 0 Å². The number of hydrogen-bond donors (Lipinski definition) is 1. The molecule has 4 saturated carbocycles. The summed E-state index contributed by atoms with van der Waals surface area (Å²) in [4.78, 5) is 0. The zero-order valence-electron chi connectivity index (χ0n) is 22.3. The van der Waals surface area contributed by atoms with Crippen LogP contribution in [0.4, 0.5) is 0 Å². The van der Waals surface area contributed by atoms with Gasteiger partial charge in [0.2, 0.25) is 0 Å². The van der Waals surface area contributed by atoms with Gasteiger partial charge in [-0.25, -0.2) is 5.43 Å². The van der Waals surface area contributed by atoms with Gasteiger partial charge in [-0.15, -0.1) is 0 Å². The molecule has 32 heavy (non-hydrogen) atoms. The molecule has 4 aliphatic carbocycles.